The number of amides is 1. The molecular formula is C10H22ClN3O. The van der Waals surface area contributed by atoms with Crippen molar-refractivity contribution in [1.29, 1.82) is 0 Å². The Hall–Kier alpha value is -0.320. The molecule has 90 valence electrons. The largest absolute Gasteiger partial charge is 0.350 e. The van der Waals surface area contributed by atoms with Crippen molar-refractivity contribution in [3.05, 3.63) is 0 Å². The molecule has 4 atom stereocenters. The Morgan fingerprint density at radius 3 is 2.60 bits per heavy atom. The van der Waals surface area contributed by atoms with E-state index in [2.05, 4.69) is 24.5 Å². The minimum absolute atomic E-state index is 0. The van der Waals surface area contributed by atoms with Gasteiger partial charge in [0.1, 0.15) is 0 Å². The van der Waals surface area contributed by atoms with Crippen molar-refractivity contribution in [3.8, 4) is 0 Å². The van der Waals surface area contributed by atoms with Crippen molar-refractivity contribution in [2.24, 2.45) is 11.7 Å². The van der Waals surface area contributed by atoms with Crippen LogP contribution >= 0.6 is 12.4 Å². The van der Waals surface area contributed by atoms with Crippen molar-refractivity contribution < 1.29 is 4.79 Å². The number of piperidine rings is 1. The number of halogens is 1. The molecule has 4 nitrogen and oxygen atoms in total. The molecule has 0 spiro atoms. The quantitative estimate of drug-likeness (QED) is 0.643. The molecule has 1 aliphatic rings. The van der Waals surface area contributed by atoms with E-state index in [0.29, 0.717) is 12.0 Å². The van der Waals surface area contributed by atoms with Crippen molar-refractivity contribution in [2.75, 3.05) is 6.54 Å². The molecule has 15 heavy (non-hydrogen) atoms. The lowest BCUT2D eigenvalue weighted by atomic mass is 9.89. The van der Waals surface area contributed by atoms with Gasteiger partial charge >= 0.3 is 0 Å². The Morgan fingerprint density at radius 2 is 2.13 bits per heavy atom. The van der Waals surface area contributed by atoms with Crippen LogP contribution in [0.2, 0.25) is 0 Å². The number of carbonyl (C=O) groups excluding carboxylic acids is 1. The molecule has 0 bridgehead atoms. The fourth-order valence-corrected chi connectivity index (χ4v) is 1.90. The highest BCUT2D eigenvalue weighted by Crippen LogP contribution is 2.15. The molecule has 0 aromatic rings. The second-order valence-electron chi connectivity index (χ2n) is 4.33. The first kappa shape index (κ1) is 14.7. The van der Waals surface area contributed by atoms with Crippen LogP contribution < -0.4 is 16.4 Å². The van der Waals surface area contributed by atoms with Crippen LogP contribution in [0.25, 0.3) is 0 Å². The van der Waals surface area contributed by atoms with E-state index in [0.717, 1.165) is 13.0 Å². The summed E-state index contributed by atoms with van der Waals surface area (Å²) in [6.45, 7) is 7.01. The minimum Gasteiger partial charge on any atom is -0.350 e. The van der Waals surface area contributed by atoms with E-state index < -0.39 is 6.04 Å². The fraction of sp³-hybridized carbons (Fsp3) is 0.900. The van der Waals surface area contributed by atoms with Crippen LogP contribution in [0.15, 0.2) is 0 Å². The molecule has 1 saturated heterocycles. The Balaban J connectivity index is 0.00000196. The SMILES string of the molecule is CC1CCNC(C)C1NC(=O)[C@H](C)N.Cl. The highest BCUT2D eigenvalue weighted by molar-refractivity contribution is 5.85. The Bertz CT molecular complexity index is 201. The third kappa shape index (κ3) is 3.97. The molecule has 1 aliphatic heterocycles. The van der Waals surface area contributed by atoms with Gasteiger partial charge in [-0.05, 0) is 32.7 Å². The fourth-order valence-electron chi connectivity index (χ4n) is 1.90. The number of nitrogens with two attached hydrogens (primary N) is 1. The summed E-state index contributed by atoms with van der Waals surface area (Å²) in [5.41, 5.74) is 5.51. The molecule has 1 amide bonds. The topological polar surface area (TPSA) is 67.1 Å². The van der Waals surface area contributed by atoms with Gasteiger partial charge in [0.05, 0.1) is 6.04 Å². The summed E-state index contributed by atoms with van der Waals surface area (Å²) >= 11 is 0. The number of carbonyl (C=O) groups is 1. The Morgan fingerprint density at radius 1 is 1.53 bits per heavy atom. The third-order valence-corrected chi connectivity index (χ3v) is 2.94. The summed E-state index contributed by atoms with van der Waals surface area (Å²) in [6.07, 6.45) is 1.11. The minimum atomic E-state index is -0.420. The molecule has 1 fully saturated rings. The van der Waals surface area contributed by atoms with Crippen LogP contribution in [0, 0.1) is 5.92 Å². The molecule has 0 radical (unpaired) electrons. The number of hydrogen-bond acceptors (Lipinski definition) is 3. The smallest absolute Gasteiger partial charge is 0.236 e. The van der Waals surface area contributed by atoms with Crippen LogP contribution in [-0.2, 0) is 4.79 Å². The summed E-state index contributed by atoms with van der Waals surface area (Å²) < 4.78 is 0. The first-order chi connectivity index (χ1) is 6.52. The first-order valence-corrected chi connectivity index (χ1v) is 5.31. The van der Waals surface area contributed by atoms with Crippen LogP contribution in [0.5, 0.6) is 0 Å². The zero-order valence-corrected chi connectivity index (χ0v) is 10.4. The first-order valence-electron chi connectivity index (χ1n) is 5.31. The second kappa shape index (κ2) is 6.30. The van der Waals surface area contributed by atoms with E-state index in [-0.39, 0.29) is 24.4 Å². The van der Waals surface area contributed by atoms with Crippen molar-refractivity contribution in [2.45, 2.75) is 45.3 Å². The van der Waals surface area contributed by atoms with Gasteiger partial charge in [0.25, 0.3) is 0 Å². The Labute approximate surface area is 97.8 Å². The van der Waals surface area contributed by atoms with Gasteiger partial charge in [-0.1, -0.05) is 6.92 Å². The van der Waals surface area contributed by atoms with Gasteiger partial charge in [-0.25, -0.2) is 0 Å². The Kier molecular flexibility index (Phi) is 6.17. The van der Waals surface area contributed by atoms with Gasteiger partial charge in [0, 0.05) is 12.1 Å². The van der Waals surface area contributed by atoms with E-state index in [9.17, 15) is 4.79 Å². The van der Waals surface area contributed by atoms with E-state index >= 15 is 0 Å². The third-order valence-electron chi connectivity index (χ3n) is 2.94. The van der Waals surface area contributed by atoms with Gasteiger partial charge in [0.15, 0.2) is 0 Å². The zero-order valence-electron chi connectivity index (χ0n) is 9.62. The highest BCUT2D eigenvalue weighted by atomic mass is 35.5. The number of hydrogen-bond donors (Lipinski definition) is 3. The zero-order chi connectivity index (χ0) is 10.7. The standard InChI is InChI=1S/C10H21N3O.ClH/c1-6-4-5-12-8(3)9(6)13-10(14)7(2)11;/h6-9,12H,4-5,11H2,1-3H3,(H,13,14);1H/t6?,7-,8?,9?;/m0./s1. The predicted molar refractivity (Wildman–Crippen MR) is 64.1 cm³/mol. The van der Waals surface area contributed by atoms with E-state index in [4.69, 9.17) is 5.73 Å². The van der Waals surface area contributed by atoms with Crippen molar-refractivity contribution in [1.82, 2.24) is 10.6 Å². The number of nitrogens with one attached hydrogen (secondary N) is 2. The summed E-state index contributed by atoms with van der Waals surface area (Å²) in [6, 6.07) is 0.125. The molecule has 1 heterocycles. The maximum Gasteiger partial charge on any atom is 0.236 e. The van der Waals surface area contributed by atoms with E-state index in [1.807, 2.05) is 0 Å². The highest BCUT2D eigenvalue weighted by Gasteiger charge is 2.29. The van der Waals surface area contributed by atoms with E-state index in [1.54, 1.807) is 6.92 Å². The molecule has 5 heteroatoms. The van der Waals surface area contributed by atoms with Crippen LogP contribution in [-0.4, -0.2) is 30.6 Å². The van der Waals surface area contributed by atoms with Crippen molar-refractivity contribution in [3.63, 3.8) is 0 Å². The summed E-state index contributed by atoms with van der Waals surface area (Å²) in [5.74, 6) is 0.464. The lowest BCUT2D eigenvalue weighted by Crippen LogP contribution is -2.58. The van der Waals surface area contributed by atoms with E-state index in [1.165, 1.54) is 0 Å². The average molecular weight is 236 g/mol. The van der Waals surface area contributed by atoms with Crippen LogP contribution in [0.3, 0.4) is 0 Å². The predicted octanol–water partition coefficient (Wildman–Crippen LogP) is 0.258. The summed E-state index contributed by atoms with van der Waals surface area (Å²) in [4.78, 5) is 11.4. The lowest BCUT2D eigenvalue weighted by Gasteiger charge is -2.36. The average Bonchev–Trinajstić information content (AvgIpc) is 2.11. The van der Waals surface area contributed by atoms with Crippen molar-refractivity contribution >= 4 is 18.3 Å². The number of rotatable bonds is 2. The van der Waals surface area contributed by atoms with Gasteiger partial charge in [-0.15, -0.1) is 12.4 Å². The lowest BCUT2D eigenvalue weighted by molar-refractivity contribution is -0.123. The molecule has 1 rings (SSSR count). The summed E-state index contributed by atoms with van der Waals surface area (Å²) in [5, 5.41) is 6.34. The van der Waals surface area contributed by atoms with Crippen LogP contribution in [0.1, 0.15) is 27.2 Å². The molecular weight excluding hydrogens is 214 g/mol. The monoisotopic (exact) mass is 235 g/mol. The molecule has 0 saturated carbocycles. The molecule has 4 N–H and O–H groups in total. The maximum absolute atomic E-state index is 11.4. The second-order valence-corrected chi connectivity index (χ2v) is 4.33. The normalized spacial score (nSPS) is 32.7. The molecule has 0 aromatic heterocycles. The van der Waals surface area contributed by atoms with Gasteiger partial charge in [0.2, 0.25) is 5.91 Å². The van der Waals surface area contributed by atoms with Gasteiger partial charge in [-0.2, -0.15) is 0 Å². The molecule has 3 unspecified atom stereocenters. The van der Waals surface area contributed by atoms with Crippen LogP contribution in [0.4, 0.5) is 0 Å². The summed E-state index contributed by atoms with van der Waals surface area (Å²) in [7, 11) is 0. The maximum atomic E-state index is 11.4. The van der Waals surface area contributed by atoms with Gasteiger partial charge in [-0.3, -0.25) is 4.79 Å². The van der Waals surface area contributed by atoms with Gasteiger partial charge < -0.3 is 16.4 Å². The molecule has 0 aromatic carbocycles. The molecule has 0 aliphatic carbocycles.